The highest BCUT2D eigenvalue weighted by Crippen LogP contribution is 2.17. The van der Waals surface area contributed by atoms with Crippen molar-refractivity contribution in [1.29, 1.82) is 0 Å². The first kappa shape index (κ1) is 14.6. The molecule has 19 heavy (non-hydrogen) atoms. The summed E-state index contributed by atoms with van der Waals surface area (Å²) in [6.45, 7) is 9.11. The molecule has 1 aliphatic heterocycles. The number of aryl methyl sites for hydroxylation is 1. The lowest BCUT2D eigenvalue weighted by Crippen LogP contribution is -2.13. The molecule has 0 spiro atoms. The molecule has 0 radical (unpaired) electrons. The van der Waals surface area contributed by atoms with Gasteiger partial charge in [0.2, 0.25) is 0 Å². The van der Waals surface area contributed by atoms with Crippen molar-refractivity contribution in [2.45, 2.75) is 39.8 Å². The van der Waals surface area contributed by atoms with E-state index in [1.807, 2.05) is 0 Å². The van der Waals surface area contributed by atoms with Crippen molar-refractivity contribution in [3.05, 3.63) is 23.2 Å². The maximum atomic E-state index is 5.81. The molecule has 108 valence electrons. The summed E-state index contributed by atoms with van der Waals surface area (Å²) in [5, 5.41) is 3.36. The Kier molecular flexibility index (Phi) is 5.89. The average molecular weight is 267 g/mol. The molecule has 2 rings (SSSR count). The van der Waals surface area contributed by atoms with E-state index in [-0.39, 0.29) is 0 Å². The summed E-state index contributed by atoms with van der Waals surface area (Å²) in [7, 11) is 0. The highest BCUT2D eigenvalue weighted by atomic mass is 16.5. The van der Waals surface area contributed by atoms with E-state index in [0.717, 1.165) is 57.3 Å². The van der Waals surface area contributed by atoms with Gasteiger partial charge in [0.05, 0.1) is 19.8 Å². The van der Waals surface area contributed by atoms with Crippen LogP contribution in [0.1, 0.15) is 36.8 Å². The molecule has 0 aromatic carbocycles. The third-order valence-electron chi connectivity index (χ3n) is 3.41. The summed E-state index contributed by atoms with van der Waals surface area (Å²) >= 11 is 0. The van der Waals surface area contributed by atoms with Crippen molar-refractivity contribution in [3.8, 4) is 0 Å². The van der Waals surface area contributed by atoms with Gasteiger partial charge in [0, 0.05) is 12.5 Å². The monoisotopic (exact) mass is 267 g/mol. The second-order valence-corrected chi connectivity index (χ2v) is 5.24. The van der Waals surface area contributed by atoms with Crippen LogP contribution in [0.5, 0.6) is 0 Å². The molecule has 1 saturated heterocycles. The second kappa shape index (κ2) is 7.68. The van der Waals surface area contributed by atoms with Crippen molar-refractivity contribution >= 4 is 0 Å². The molecular weight excluding hydrogens is 242 g/mol. The zero-order valence-corrected chi connectivity index (χ0v) is 12.0. The van der Waals surface area contributed by atoms with Gasteiger partial charge in [0.15, 0.2) is 0 Å². The number of furan rings is 1. The van der Waals surface area contributed by atoms with E-state index in [4.69, 9.17) is 13.9 Å². The minimum absolute atomic E-state index is 0.557. The number of nitrogens with one attached hydrogen (secondary N) is 1. The minimum atomic E-state index is 0.557. The summed E-state index contributed by atoms with van der Waals surface area (Å²) in [5.41, 5.74) is 1.20. The number of hydrogen-bond acceptors (Lipinski definition) is 4. The van der Waals surface area contributed by atoms with Gasteiger partial charge in [-0.05, 0) is 37.9 Å². The number of hydrogen-bond donors (Lipinski definition) is 1. The average Bonchev–Trinajstić information content (AvgIpc) is 3.01. The van der Waals surface area contributed by atoms with E-state index in [1.165, 1.54) is 5.56 Å². The van der Waals surface area contributed by atoms with Crippen LogP contribution in [0.15, 0.2) is 10.5 Å². The molecule has 0 amide bonds. The molecule has 1 N–H and O–H groups in total. The largest absolute Gasteiger partial charge is 0.462 e. The summed E-state index contributed by atoms with van der Waals surface area (Å²) in [5.74, 6) is 2.50. The van der Waals surface area contributed by atoms with Gasteiger partial charge < -0.3 is 19.2 Å². The van der Waals surface area contributed by atoms with E-state index in [1.54, 1.807) is 0 Å². The van der Waals surface area contributed by atoms with Crippen molar-refractivity contribution < 1.29 is 13.9 Å². The highest BCUT2D eigenvalue weighted by Gasteiger charge is 2.16. The van der Waals surface area contributed by atoms with Crippen LogP contribution in [0.25, 0.3) is 0 Å². The van der Waals surface area contributed by atoms with Crippen LogP contribution in [0.2, 0.25) is 0 Å². The Morgan fingerprint density at radius 2 is 2.37 bits per heavy atom. The molecule has 0 bridgehead atoms. The van der Waals surface area contributed by atoms with E-state index in [9.17, 15) is 0 Å². The van der Waals surface area contributed by atoms with Gasteiger partial charge in [0.25, 0.3) is 0 Å². The van der Waals surface area contributed by atoms with Gasteiger partial charge in [0.1, 0.15) is 18.1 Å². The van der Waals surface area contributed by atoms with E-state index >= 15 is 0 Å². The van der Waals surface area contributed by atoms with Gasteiger partial charge in [-0.15, -0.1) is 0 Å². The SMILES string of the molecule is CCCNCc1oc(COCC2CCOC2)cc1C. The predicted molar refractivity (Wildman–Crippen MR) is 74.0 cm³/mol. The summed E-state index contributed by atoms with van der Waals surface area (Å²) in [6.07, 6.45) is 2.25. The standard InChI is InChI=1S/C15H25NO3/c1-3-5-16-8-15-12(2)7-14(19-15)11-18-10-13-4-6-17-9-13/h7,13,16H,3-6,8-11H2,1-2H3. The first-order valence-corrected chi connectivity index (χ1v) is 7.24. The fraction of sp³-hybridized carbons (Fsp3) is 0.733. The summed E-state index contributed by atoms with van der Waals surface area (Å²) < 4.78 is 16.8. The van der Waals surface area contributed by atoms with E-state index in [2.05, 4.69) is 25.2 Å². The maximum Gasteiger partial charge on any atom is 0.130 e. The van der Waals surface area contributed by atoms with Gasteiger partial charge >= 0.3 is 0 Å². The molecule has 4 nitrogen and oxygen atoms in total. The van der Waals surface area contributed by atoms with E-state index < -0.39 is 0 Å². The third kappa shape index (κ3) is 4.64. The van der Waals surface area contributed by atoms with Crippen molar-refractivity contribution in [3.63, 3.8) is 0 Å². The molecule has 1 atom stereocenters. The Morgan fingerprint density at radius 3 is 3.11 bits per heavy atom. The minimum Gasteiger partial charge on any atom is -0.462 e. The smallest absolute Gasteiger partial charge is 0.130 e. The molecule has 2 heterocycles. The lowest BCUT2D eigenvalue weighted by Gasteiger charge is -2.07. The fourth-order valence-electron chi connectivity index (χ4n) is 2.26. The summed E-state index contributed by atoms with van der Waals surface area (Å²) in [6, 6.07) is 2.08. The Balaban J connectivity index is 1.72. The van der Waals surface area contributed by atoms with Crippen LogP contribution in [-0.4, -0.2) is 26.4 Å². The summed E-state index contributed by atoms with van der Waals surface area (Å²) in [4.78, 5) is 0. The Bertz CT molecular complexity index is 369. The van der Waals surface area contributed by atoms with Gasteiger partial charge in [-0.2, -0.15) is 0 Å². The van der Waals surface area contributed by atoms with Gasteiger partial charge in [-0.25, -0.2) is 0 Å². The molecule has 1 unspecified atom stereocenters. The predicted octanol–water partition coefficient (Wildman–Crippen LogP) is 2.64. The van der Waals surface area contributed by atoms with Gasteiger partial charge in [-0.1, -0.05) is 6.92 Å². The van der Waals surface area contributed by atoms with Crippen LogP contribution in [0.3, 0.4) is 0 Å². The quantitative estimate of drug-likeness (QED) is 0.735. The van der Waals surface area contributed by atoms with Crippen LogP contribution in [0, 0.1) is 12.8 Å². The third-order valence-corrected chi connectivity index (χ3v) is 3.41. The molecule has 0 saturated carbocycles. The van der Waals surface area contributed by atoms with Crippen LogP contribution < -0.4 is 5.32 Å². The maximum absolute atomic E-state index is 5.81. The zero-order chi connectivity index (χ0) is 13.5. The lowest BCUT2D eigenvalue weighted by atomic mass is 10.1. The fourth-order valence-corrected chi connectivity index (χ4v) is 2.26. The zero-order valence-electron chi connectivity index (χ0n) is 12.0. The van der Waals surface area contributed by atoms with Gasteiger partial charge in [-0.3, -0.25) is 0 Å². The van der Waals surface area contributed by atoms with Crippen molar-refractivity contribution in [2.24, 2.45) is 5.92 Å². The van der Waals surface area contributed by atoms with Crippen molar-refractivity contribution in [1.82, 2.24) is 5.32 Å². The molecule has 1 aromatic heterocycles. The van der Waals surface area contributed by atoms with E-state index in [0.29, 0.717) is 12.5 Å². The van der Waals surface area contributed by atoms with Crippen molar-refractivity contribution in [2.75, 3.05) is 26.4 Å². The highest BCUT2D eigenvalue weighted by molar-refractivity contribution is 5.19. The molecule has 1 aliphatic rings. The number of rotatable bonds is 8. The molecule has 0 aliphatic carbocycles. The molecule has 1 aromatic rings. The Labute approximate surface area is 115 Å². The Morgan fingerprint density at radius 1 is 1.47 bits per heavy atom. The Hall–Kier alpha value is -0.840. The number of ether oxygens (including phenoxy) is 2. The molecule has 1 fully saturated rings. The van der Waals surface area contributed by atoms with Crippen LogP contribution in [0.4, 0.5) is 0 Å². The normalized spacial score (nSPS) is 19.2. The first-order valence-electron chi connectivity index (χ1n) is 7.24. The lowest BCUT2D eigenvalue weighted by molar-refractivity contribution is 0.0685. The molecule has 4 heteroatoms. The first-order chi connectivity index (χ1) is 9.29. The topological polar surface area (TPSA) is 43.6 Å². The second-order valence-electron chi connectivity index (χ2n) is 5.24. The molecular formula is C15H25NO3. The van der Waals surface area contributed by atoms with Crippen LogP contribution >= 0.6 is 0 Å². The van der Waals surface area contributed by atoms with Crippen LogP contribution in [-0.2, 0) is 22.6 Å².